The number of carbonyl (C=O) groups excluding carboxylic acids is 3. The molecule has 0 atom stereocenters. The molecule has 0 saturated carbocycles. The maximum absolute atomic E-state index is 13.0. The molecule has 3 amide bonds. The molecule has 0 spiro atoms. The van der Waals surface area contributed by atoms with Gasteiger partial charge in [0.1, 0.15) is 18.9 Å². The lowest BCUT2D eigenvalue weighted by atomic mass is 10.00. The van der Waals surface area contributed by atoms with Crippen molar-refractivity contribution in [2.24, 2.45) is 0 Å². The number of amides is 3. The fourth-order valence-corrected chi connectivity index (χ4v) is 5.68. The van der Waals surface area contributed by atoms with Crippen LogP contribution in [0.4, 0.5) is 10.5 Å². The quantitative estimate of drug-likeness (QED) is 0.196. The van der Waals surface area contributed by atoms with Crippen LogP contribution in [0.3, 0.4) is 0 Å². The predicted molar refractivity (Wildman–Crippen MR) is 150 cm³/mol. The van der Waals surface area contributed by atoms with Crippen molar-refractivity contribution in [2.75, 3.05) is 13.1 Å². The second-order valence-corrected chi connectivity index (χ2v) is 10.9. The lowest BCUT2D eigenvalue weighted by Gasteiger charge is -2.29. The Morgan fingerprint density at radius 3 is 2.54 bits per heavy atom. The van der Waals surface area contributed by atoms with Crippen molar-refractivity contribution >= 4 is 56.5 Å². The largest absolute Gasteiger partial charge is 0.488 e. The highest BCUT2D eigenvalue weighted by Crippen LogP contribution is 2.34. The number of thioether (sulfide) groups is 1. The number of nitro benzene ring substituents is 1. The molecule has 11 heteroatoms. The molecule has 198 valence electrons. The van der Waals surface area contributed by atoms with Gasteiger partial charge in [-0.05, 0) is 86.7 Å². The van der Waals surface area contributed by atoms with Crippen LogP contribution in [-0.2, 0) is 29.2 Å². The zero-order valence-corrected chi connectivity index (χ0v) is 22.9. The monoisotopic (exact) mass is 607 g/mol. The topological polar surface area (TPSA) is 110 Å². The van der Waals surface area contributed by atoms with E-state index >= 15 is 0 Å². The van der Waals surface area contributed by atoms with Gasteiger partial charge in [-0.25, -0.2) is 0 Å². The van der Waals surface area contributed by atoms with Gasteiger partial charge in [0.2, 0.25) is 5.91 Å². The van der Waals surface area contributed by atoms with Crippen LogP contribution in [0.2, 0.25) is 0 Å². The molecule has 0 bridgehead atoms. The number of imide groups is 1. The molecule has 0 unspecified atom stereocenters. The van der Waals surface area contributed by atoms with Crippen LogP contribution in [0.15, 0.2) is 76.1 Å². The van der Waals surface area contributed by atoms with Crippen molar-refractivity contribution in [3.8, 4) is 5.75 Å². The number of halogens is 1. The fourth-order valence-electron chi connectivity index (χ4n) is 4.33. The highest BCUT2D eigenvalue weighted by molar-refractivity contribution is 9.10. The summed E-state index contributed by atoms with van der Waals surface area (Å²) in [6, 6.07) is 19.3. The van der Waals surface area contributed by atoms with E-state index in [1.807, 2.05) is 24.3 Å². The van der Waals surface area contributed by atoms with Crippen molar-refractivity contribution in [3.63, 3.8) is 0 Å². The SMILES string of the molecule is O=C(CN1C(=O)S/C(=C\c2ccc(OCc3ccc([N+](=O)[O-])cc3)c(Br)c2)C1=O)N1CCc2ccccc2C1. The molecular formula is C28H22BrN3O6S. The average molecular weight is 608 g/mol. The van der Waals surface area contributed by atoms with Crippen LogP contribution in [0.5, 0.6) is 5.75 Å². The van der Waals surface area contributed by atoms with Crippen molar-refractivity contribution in [1.82, 2.24) is 9.80 Å². The number of hydrogen-bond acceptors (Lipinski definition) is 7. The number of nitro groups is 1. The summed E-state index contributed by atoms with van der Waals surface area (Å²) >= 11 is 4.27. The van der Waals surface area contributed by atoms with Crippen LogP contribution in [0.1, 0.15) is 22.3 Å². The number of carbonyl (C=O) groups is 3. The first-order valence-electron chi connectivity index (χ1n) is 12.0. The number of fused-ring (bicyclic) bond motifs is 1. The Bertz CT molecular complexity index is 1510. The summed E-state index contributed by atoms with van der Waals surface area (Å²) in [6.07, 6.45) is 2.35. The van der Waals surface area contributed by atoms with E-state index in [0.717, 1.165) is 34.2 Å². The van der Waals surface area contributed by atoms with Crippen LogP contribution in [0.25, 0.3) is 6.08 Å². The van der Waals surface area contributed by atoms with Crippen LogP contribution in [0, 0.1) is 10.1 Å². The lowest BCUT2D eigenvalue weighted by Crippen LogP contribution is -2.44. The number of ether oxygens (including phenoxy) is 1. The second kappa shape index (κ2) is 11.4. The summed E-state index contributed by atoms with van der Waals surface area (Å²) in [4.78, 5) is 51.7. The van der Waals surface area contributed by atoms with Gasteiger partial charge >= 0.3 is 0 Å². The zero-order valence-electron chi connectivity index (χ0n) is 20.5. The van der Waals surface area contributed by atoms with Gasteiger partial charge in [-0.15, -0.1) is 0 Å². The normalized spacial score (nSPS) is 16.0. The number of rotatable bonds is 7. The lowest BCUT2D eigenvalue weighted by molar-refractivity contribution is -0.384. The summed E-state index contributed by atoms with van der Waals surface area (Å²) in [6.45, 7) is 0.941. The molecule has 0 N–H and O–H groups in total. The standard InChI is InChI=1S/C28H22BrN3O6S/c29-23-13-19(7-10-24(23)38-17-18-5-8-22(9-6-18)32(36)37)14-25-27(34)31(28(35)39-25)16-26(33)30-12-11-20-3-1-2-4-21(20)15-30/h1-10,13-14H,11-12,15-17H2/b25-14-. The van der Waals surface area contributed by atoms with E-state index in [1.54, 1.807) is 41.3 Å². The Morgan fingerprint density at radius 2 is 1.82 bits per heavy atom. The van der Waals surface area contributed by atoms with Gasteiger partial charge in [-0.1, -0.05) is 30.3 Å². The Kier molecular flexibility index (Phi) is 7.80. The van der Waals surface area contributed by atoms with Crippen LogP contribution >= 0.6 is 27.7 Å². The van der Waals surface area contributed by atoms with Crippen LogP contribution < -0.4 is 4.74 Å². The van der Waals surface area contributed by atoms with Gasteiger partial charge in [-0.2, -0.15) is 0 Å². The minimum absolute atomic E-state index is 0.00957. The molecule has 1 fully saturated rings. The third-order valence-electron chi connectivity index (χ3n) is 6.45. The Morgan fingerprint density at radius 1 is 1.08 bits per heavy atom. The van der Waals surface area contributed by atoms with Gasteiger partial charge in [0, 0.05) is 25.2 Å². The van der Waals surface area contributed by atoms with Gasteiger partial charge in [0.05, 0.1) is 14.3 Å². The molecule has 5 rings (SSSR count). The van der Waals surface area contributed by atoms with E-state index in [0.29, 0.717) is 28.9 Å². The maximum atomic E-state index is 13.0. The second-order valence-electron chi connectivity index (χ2n) is 9.00. The smallest absolute Gasteiger partial charge is 0.294 e. The number of hydrogen-bond donors (Lipinski definition) is 0. The maximum Gasteiger partial charge on any atom is 0.294 e. The fraction of sp³-hybridized carbons (Fsp3) is 0.179. The Balaban J connectivity index is 1.21. The molecule has 9 nitrogen and oxygen atoms in total. The van der Waals surface area contributed by atoms with Gasteiger partial charge in [-0.3, -0.25) is 29.4 Å². The van der Waals surface area contributed by atoms with E-state index in [4.69, 9.17) is 4.74 Å². The molecule has 2 aliphatic rings. The van der Waals surface area contributed by atoms with E-state index in [-0.39, 0.29) is 29.7 Å². The molecule has 3 aromatic carbocycles. The number of benzene rings is 3. The predicted octanol–water partition coefficient (Wildman–Crippen LogP) is 5.56. The Hall–Kier alpha value is -3.96. The van der Waals surface area contributed by atoms with Gasteiger partial charge in [0.15, 0.2) is 0 Å². The van der Waals surface area contributed by atoms with Crippen molar-refractivity contribution < 1.29 is 24.0 Å². The summed E-state index contributed by atoms with van der Waals surface area (Å²) in [5, 5.41) is 10.3. The summed E-state index contributed by atoms with van der Waals surface area (Å²) in [5.74, 6) is -0.206. The third kappa shape index (κ3) is 6.04. The zero-order chi connectivity index (χ0) is 27.5. The first-order chi connectivity index (χ1) is 18.8. The molecule has 39 heavy (non-hydrogen) atoms. The Labute approximate surface area is 236 Å². The highest BCUT2D eigenvalue weighted by Gasteiger charge is 2.37. The third-order valence-corrected chi connectivity index (χ3v) is 7.97. The molecule has 3 aromatic rings. The number of non-ortho nitro benzene ring substituents is 1. The first kappa shape index (κ1) is 26.6. The molecule has 2 aliphatic heterocycles. The van der Waals surface area contributed by atoms with Gasteiger partial charge < -0.3 is 9.64 Å². The van der Waals surface area contributed by atoms with E-state index in [2.05, 4.69) is 15.9 Å². The molecule has 0 radical (unpaired) electrons. The summed E-state index contributed by atoms with van der Waals surface area (Å²) in [7, 11) is 0. The summed E-state index contributed by atoms with van der Waals surface area (Å²) in [5.41, 5.74) is 3.75. The molecular weight excluding hydrogens is 586 g/mol. The minimum atomic E-state index is -0.495. The van der Waals surface area contributed by atoms with Crippen molar-refractivity contribution in [1.29, 1.82) is 0 Å². The van der Waals surface area contributed by atoms with Crippen LogP contribution in [-0.4, -0.2) is 44.9 Å². The molecule has 0 aromatic heterocycles. The minimum Gasteiger partial charge on any atom is -0.488 e. The van der Waals surface area contributed by atoms with E-state index in [1.165, 1.54) is 17.7 Å². The first-order valence-corrected chi connectivity index (χ1v) is 13.6. The number of nitrogens with zero attached hydrogens (tertiary/aromatic N) is 3. The molecule has 2 heterocycles. The summed E-state index contributed by atoms with van der Waals surface area (Å²) < 4.78 is 6.45. The van der Waals surface area contributed by atoms with E-state index < -0.39 is 16.1 Å². The van der Waals surface area contributed by atoms with Crippen molar-refractivity contribution in [3.05, 3.63) is 108 Å². The van der Waals surface area contributed by atoms with Crippen molar-refractivity contribution in [2.45, 2.75) is 19.6 Å². The average Bonchev–Trinajstić information content (AvgIpc) is 3.19. The highest BCUT2D eigenvalue weighted by atomic mass is 79.9. The van der Waals surface area contributed by atoms with E-state index in [9.17, 15) is 24.5 Å². The molecule has 0 aliphatic carbocycles. The van der Waals surface area contributed by atoms with Gasteiger partial charge in [0.25, 0.3) is 16.8 Å². The molecule has 1 saturated heterocycles.